The van der Waals surface area contributed by atoms with Crippen molar-refractivity contribution in [3.63, 3.8) is 0 Å². The molecule has 0 spiro atoms. The lowest BCUT2D eigenvalue weighted by Crippen LogP contribution is -1.88. The lowest BCUT2D eigenvalue weighted by Gasteiger charge is -1.94. The molecule has 0 aliphatic rings. The van der Waals surface area contributed by atoms with Crippen molar-refractivity contribution in [2.45, 2.75) is 6.92 Å². The first-order valence-corrected chi connectivity index (χ1v) is 4.66. The molecule has 0 bridgehead atoms. The summed E-state index contributed by atoms with van der Waals surface area (Å²) in [6.45, 7) is 12.7. The van der Waals surface area contributed by atoms with E-state index in [1.165, 1.54) is 12.2 Å². The van der Waals surface area contributed by atoms with Crippen LogP contribution in [0, 0.1) is 0 Å². The molecule has 0 radical (unpaired) electrons. The maximum atomic E-state index is 13.8. The Labute approximate surface area is 89.5 Å². The van der Waals surface area contributed by atoms with Gasteiger partial charge in [-0.25, -0.2) is 0 Å². The molecule has 0 saturated heterocycles. The summed E-state index contributed by atoms with van der Waals surface area (Å²) in [5.74, 6) is 0. The second-order valence-corrected chi connectivity index (χ2v) is 2.99. The van der Waals surface area contributed by atoms with Gasteiger partial charge in [0.1, 0.15) is 0 Å². The lowest BCUT2D eigenvalue weighted by molar-refractivity contribution is 0.365. The highest BCUT2D eigenvalue weighted by molar-refractivity contribution is 5.78. The molecule has 0 amide bonds. The number of rotatable bonds is 4. The Balaban J connectivity index is 3.65. The Morgan fingerprint density at radius 1 is 1.00 bits per heavy atom. The molecule has 2 heteroatoms. The zero-order valence-corrected chi connectivity index (χ0v) is 8.83. The Bertz CT molecular complexity index is 436. The van der Waals surface area contributed by atoms with Gasteiger partial charge in [0.25, 0.3) is 0 Å². The zero-order valence-electron chi connectivity index (χ0n) is 8.83. The number of hydrogen-bond acceptors (Lipinski definition) is 0. The molecule has 0 aliphatic heterocycles. The topological polar surface area (TPSA) is 4.93 Å². The first-order chi connectivity index (χ1) is 7.21. The third kappa shape index (κ3) is 1.71. The van der Waals surface area contributed by atoms with Crippen molar-refractivity contribution in [2.24, 2.45) is 0 Å². The van der Waals surface area contributed by atoms with E-state index in [0.717, 1.165) is 11.1 Å². The van der Waals surface area contributed by atoms with Gasteiger partial charge >= 0.3 is 0 Å². The van der Waals surface area contributed by atoms with Crippen LogP contribution in [0.5, 0.6) is 0 Å². The van der Waals surface area contributed by atoms with E-state index in [4.69, 9.17) is 0 Å². The lowest BCUT2D eigenvalue weighted by atomic mass is 10.1. The first-order valence-electron chi connectivity index (χ1n) is 4.66. The van der Waals surface area contributed by atoms with E-state index in [1.807, 2.05) is 19.1 Å². The number of aromatic nitrogens is 1. The van der Waals surface area contributed by atoms with Gasteiger partial charge in [-0.1, -0.05) is 42.4 Å². The van der Waals surface area contributed by atoms with E-state index in [9.17, 15) is 4.48 Å². The molecule has 1 aromatic heterocycles. The van der Waals surface area contributed by atoms with Gasteiger partial charge in [0.2, 0.25) is 0 Å². The van der Waals surface area contributed by atoms with Crippen LogP contribution in [0.1, 0.15) is 29.4 Å². The van der Waals surface area contributed by atoms with Crippen LogP contribution in [0.3, 0.4) is 0 Å². The van der Waals surface area contributed by atoms with Gasteiger partial charge in [-0.15, -0.1) is 0 Å². The number of allylic oxidation sites excluding steroid dienone is 1. The second-order valence-electron chi connectivity index (χ2n) is 2.99. The molecule has 0 aromatic carbocycles. The van der Waals surface area contributed by atoms with Crippen molar-refractivity contribution in [3.05, 3.63) is 48.3 Å². The predicted octanol–water partition coefficient (Wildman–Crippen LogP) is 4.18. The molecule has 1 rings (SSSR count). The number of halogens is 1. The molecule has 0 saturated carbocycles. The van der Waals surface area contributed by atoms with E-state index in [0.29, 0.717) is 16.2 Å². The quantitative estimate of drug-likeness (QED) is 0.691. The molecular formula is C13H14FN. The molecule has 0 fully saturated rings. The molecule has 1 aromatic rings. The van der Waals surface area contributed by atoms with E-state index < -0.39 is 0 Å². The van der Waals surface area contributed by atoms with Crippen LogP contribution in [0.15, 0.2) is 25.8 Å². The van der Waals surface area contributed by atoms with Gasteiger partial charge in [0.05, 0.1) is 11.4 Å². The first kappa shape index (κ1) is 11.2. The van der Waals surface area contributed by atoms with Crippen molar-refractivity contribution in [3.8, 4) is 0 Å². The molecule has 1 heterocycles. The minimum Gasteiger partial charge on any atom is -0.179 e. The fraction of sp³-hybridized carbons (Fsp3) is 0.0769. The van der Waals surface area contributed by atoms with E-state index in [1.54, 1.807) is 6.08 Å². The molecule has 1 nitrogen and oxygen atoms in total. The standard InChI is InChI=1S/C13H14FN/c1-5-9-11-10(6-2)12(7-3)15(14)13(11)8-4/h5-9H,2-4H2,1H3/b9-5-. The largest absolute Gasteiger partial charge is 0.179 e. The van der Waals surface area contributed by atoms with Crippen molar-refractivity contribution >= 4 is 24.3 Å². The predicted molar refractivity (Wildman–Crippen MR) is 65.9 cm³/mol. The summed E-state index contributed by atoms with van der Waals surface area (Å²) in [5, 5.41) is 0. The Morgan fingerprint density at radius 2 is 1.53 bits per heavy atom. The minimum atomic E-state index is 0.410. The summed E-state index contributed by atoms with van der Waals surface area (Å²) in [4.78, 5) is 0.576. The summed E-state index contributed by atoms with van der Waals surface area (Å²) in [6, 6.07) is 0. The summed E-state index contributed by atoms with van der Waals surface area (Å²) >= 11 is 0. The summed E-state index contributed by atoms with van der Waals surface area (Å²) in [5.41, 5.74) is 2.35. The smallest absolute Gasteiger partial charge is 0.0820 e. The molecule has 15 heavy (non-hydrogen) atoms. The van der Waals surface area contributed by atoms with Crippen LogP contribution in [0.25, 0.3) is 24.3 Å². The minimum absolute atomic E-state index is 0.410. The van der Waals surface area contributed by atoms with Gasteiger partial charge in [0, 0.05) is 11.1 Å². The van der Waals surface area contributed by atoms with E-state index in [2.05, 4.69) is 19.7 Å². The molecule has 0 unspecified atom stereocenters. The fourth-order valence-corrected chi connectivity index (χ4v) is 1.55. The average Bonchev–Trinajstić information content (AvgIpc) is 2.50. The second kappa shape index (κ2) is 4.60. The molecule has 0 atom stereocenters. The van der Waals surface area contributed by atoms with Gasteiger partial charge in [-0.05, 0) is 19.1 Å². The van der Waals surface area contributed by atoms with Crippen molar-refractivity contribution in [1.82, 2.24) is 4.79 Å². The molecule has 0 N–H and O–H groups in total. The third-order valence-corrected chi connectivity index (χ3v) is 2.19. The third-order valence-electron chi connectivity index (χ3n) is 2.19. The molecular weight excluding hydrogens is 189 g/mol. The Morgan fingerprint density at radius 3 is 1.93 bits per heavy atom. The van der Waals surface area contributed by atoms with Crippen LogP contribution in [0.4, 0.5) is 4.48 Å². The van der Waals surface area contributed by atoms with Crippen molar-refractivity contribution in [1.29, 1.82) is 0 Å². The maximum Gasteiger partial charge on any atom is 0.0820 e. The number of nitrogens with zero attached hydrogens (tertiary/aromatic N) is 1. The zero-order chi connectivity index (χ0) is 11.4. The van der Waals surface area contributed by atoms with Crippen LogP contribution < -0.4 is 0 Å². The van der Waals surface area contributed by atoms with Crippen LogP contribution >= 0.6 is 0 Å². The molecule has 0 aliphatic carbocycles. The molecule has 78 valence electrons. The van der Waals surface area contributed by atoms with Crippen LogP contribution in [0.2, 0.25) is 0 Å². The van der Waals surface area contributed by atoms with Crippen molar-refractivity contribution in [2.75, 3.05) is 0 Å². The van der Waals surface area contributed by atoms with Gasteiger partial charge in [-0.2, -0.15) is 4.79 Å². The highest BCUT2D eigenvalue weighted by Crippen LogP contribution is 2.27. The normalized spacial score (nSPS) is 10.5. The average molecular weight is 203 g/mol. The van der Waals surface area contributed by atoms with Crippen LogP contribution in [-0.4, -0.2) is 4.79 Å². The summed E-state index contributed by atoms with van der Waals surface area (Å²) in [7, 11) is 0. The number of hydrogen-bond donors (Lipinski definition) is 0. The maximum absolute atomic E-state index is 13.8. The monoisotopic (exact) mass is 203 g/mol. The highest BCUT2D eigenvalue weighted by Gasteiger charge is 2.15. The Hall–Kier alpha value is -1.83. The van der Waals surface area contributed by atoms with E-state index in [-0.39, 0.29) is 0 Å². The summed E-state index contributed by atoms with van der Waals surface area (Å²) in [6.07, 6.45) is 8.25. The van der Waals surface area contributed by atoms with Gasteiger partial charge in [-0.3, -0.25) is 0 Å². The summed E-state index contributed by atoms with van der Waals surface area (Å²) < 4.78 is 13.8. The highest BCUT2D eigenvalue weighted by atomic mass is 19.2. The fourth-order valence-electron chi connectivity index (χ4n) is 1.55. The van der Waals surface area contributed by atoms with Crippen molar-refractivity contribution < 1.29 is 4.48 Å². The van der Waals surface area contributed by atoms with E-state index >= 15 is 0 Å². The van der Waals surface area contributed by atoms with Crippen LogP contribution in [-0.2, 0) is 0 Å². The SMILES string of the molecule is C=Cc1c(/C=C\C)c(C=C)n(F)c1C=C. The van der Waals surface area contributed by atoms with Gasteiger partial charge in [0.15, 0.2) is 0 Å². The Kier molecular flexibility index (Phi) is 3.45. The van der Waals surface area contributed by atoms with Gasteiger partial charge < -0.3 is 0 Å².